The van der Waals surface area contributed by atoms with Gasteiger partial charge in [0.25, 0.3) is 11.8 Å². The van der Waals surface area contributed by atoms with E-state index in [1.54, 1.807) is 41.5 Å². The van der Waals surface area contributed by atoms with Gasteiger partial charge in [0, 0.05) is 19.6 Å². The van der Waals surface area contributed by atoms with Gasteiger partial charge in [-0.3, -0.25) is 14.6 Å². The number of anilines is 2. The minimum Gasteiger partial charge on any atom is -0.465 e. The van der Waals surface area contributed by atoms with Crippen molar-refractivity contribution in [1.82, 2.24) is 14.9 Å². The molecule has 0 radical (unpaired) electrons. The van der Waals surface area contributed by atoms with Crippen molar-refractivity contribution in [3.05, 3.63) is 6.20 Å². The Morgan fingerprint density at radius 3 is 2.26 bits per heavy atom. The second-order valence-corrected chi connectivity index (χ2v) is 19.0. The number of fused-ring (bicyclic) bond motifs is 1. The minimum atomic E-state index is -1.32. The molecular weight excluding hydrogens is 566 g/mol. The maximum absolute atomic E-state index is 12.8. The number of cyclic esters (lactones) is 1. The fraction of sp³-hybridized carbons (Fsp3) is 0.704. The summed E-state index contributed by atoms with van der Waals surface area (Å²) in [7, 11) is -1.32. The molecule has 0 N–H and O–H groups in total. The Morgan fingerprint density at radius 2 is 1.69 bits per heavy atom. The molecule has 0 aliphatic carbocycles. The second kappa shape index (κ2) is 12.8. The van der Waals surface area contributed by atoms with Gasteiger partial charge in [-0.2, -0.15) is 19.6 Å². The van der Waals surface area contributed by atoms with Crippen LogP contribution < -0.4 is 14.5 Å². The summed E-state index contributed by atoms with van der Waals surface area (Å²) in [5.41, 5.74) is -1.67. The highest BCUT2D eigenvalue weighted by Gasteiger charge is 2.38. The first kappa shape index (κ1) is 33.0. The zero-order chi connectivity index (χ0) is 31.5. The molecule has 235 valence electrons. The summed E-state index contributed by atoms with van der Waals surface area (Å²) in [6, 6.07) is 0.935. The fourth-order valence-corrected chi connectivity index (χ4v) is 4.54. The third-order valence-corrected chi connectivity index (χ3v) is 7.57. The summed E-state index contributed by atoms with van der Waals surface area (Å²) >= 11 is 0. The van der Waals surface area contributed by atoms with Crippen LogP contribution in [0.4, 0.5) is 26.0 Å². The summed E-state index contributed by atoms with van der Waals surface area (Å²) in [6.07, 6.45) is -1.61. The number of carbonyl (C=O) groups is 4. The Bertz CT molecular complexity index is 1150. The lowest BCUT2D eigenvalue weighted by molar-refractivity contribution is -0.122. The lowest BCUT2D eigenvalue weighted by atomic mass is 10.2. The van der Waals surface area contributed by atoms with Crippen LogP contribution in [-0.2, 0) is 23.7 Å². The molecule has 1 aromatic heterocycles. The van der Waals surface area contributed by atoms with Crippen LogP contribution >= 0.6 is 0 Å². The molecule has 1 fully saturated rings. The van der Waals surface area contributed by atoms with Gasteiger partial charge in [-0.25, -0.2) is 29.3 Å². The zero-order valence-electron chi connectivity index (χ0n) is 26.0. The van der Waals surface area contributed by atoms with Crippen molar-refractivity contribution in [3.63, 3.8) is 0 Å². The van der Waals surface area contributed by atoms with E-state index in [1.165, 1.54) is 16.0 Å². The molecule has 15 heteroatoms. The van der Waals surface area contributed by atoms with Crippen LogP contribution in [0.1, 0.15) is 48.0 Å². The Kier molecular flexibility index (Phi) is 10.1. The molecule has 4 amide bonds. The normalized spacial score (nSPS) is 17.4. The van der Waals surface area contributed by atoms with Gasteiger partial charge in [-0.1, -0.05) is 0 Å². The Hall–Kier alpha value is -3.46. The van der Waals surface area contributed by atoms with Gasteiger partial charge in [0.1, 0.15) is 24.0 Å². The molecule has 2 aliphatic heterocycles. The van der Waals surface area contributed by atoms with Gasteiger partial charge in [-0.15, -0.1) is 14.1 Å². The highest BCUT2D eigenvalue weighted by molar-refractivity contribution is 6.76. The molecule has 0 saturated carbocycles. The molecule has 3 rings (SSSR count). The number of carbonyl (C=O) groups excluding carboxylic acids is 4. The maximum atomic E-state index is 12.8. The molecule has 1 saturated heterocycles. The van der Waals surface area contributed by atoms with E-state index in [4.69, 9.17) is 23.7 Å². The summed E-state index contributed by atoms with van der Waals surface area (Å²) in [5, 5.41) is 0. The van der Waals surface area contributed by atoms with Crippen LogP contribution in [-0.4, -0.2) is 97.5 Å². The third-order valence-electron chi connectivity index (χ3n) is 5.87. The van der Waals surface area contributed by atoms with Gasteiger partial charge >= 0.3 is 18.3 Å². The molecule has 14 nitrogen and oxygen atoms in total. The first-order valence-corrected chi connectivity index (χ1v) is 17.6. The Balaban J connectivity index is 1.70. The largest absolute Gasteiger partial charge is 0.465 e. The second-order valence-electron chi connectivity index (χ2n) is 13.3. The Labute approximate surface area is 247 Å². The smallest absolute Gasteiger partial charge is 0.419 e. The van der Waals surface area contributed by atoms with Gasteiger partial charge in [-0.05, 0) is 41.5 Å². The lowest BCUT2D eigenvalue weighted by Crippen LogP contribution is -2.44. The number of ether oxygens (including phenoxy) is 5. The molecule has 42 heavy (non-hydrogen) atoms. The molecule has 2 aliphatic rings. The summed E-state index contributed by atoms with van der Waals surface area (Å²) in [4.78, 5) is 63.2. The average Bonchev–Trinajstić information content (AvgIpc) is 3.20. The summed E-state index contributed by atoms with van der Waals surface area (Å²) in [5.74, 6) is 0.117. The molecule has 1 atom stereocenters. The highest BCUT2D eigenvalue weighted by Crippen LogP contribution is 2.31. The monoisotopic (exact) mass is 609 g/mol. The van der Waals surface area contributed by atoms with Crippen molar-refractivity contribution >= 4 is 43.9 Å². The van der Waals surface area contributed by atoms with Crippen LogP contribution in [0.25, 0.3) is 0 Å². The van der Waals surface area contributed by atoms with E-state index in [0.717, 1.165) is 10.9 Å². The fourth-order valence-electron chi connectivity index (χ4n) is 3.78. The van der Waals surface area contributed by atoms with Crippen LogP contribution in [0.5, 0.6) is 5.88 Å². The van der Waals surface area contributed by atoms with Crippen molar-refractivity contribution in [1.29, 1.82) is 0 Å². The number of hydrogen-bond acceptors (Lipinski definition) is 11. The van der Waals surface area contributed by atoms with Crippen LogP contribution in [0, 0.1) is 0 Å². The number of hydrogen-bond donors (Lipinski definition) is 0. The van der Waals surface area contributed by atoms with Crippen molar-refractivity contribution in [2.24, 2.45) is 0 Å². The van der Waals surface area contributed by atoms with Crippen molar-refractivity contribution < 1.29 is 42.9 Å². The Morgan fingerprint density at radius 1 is 1.07 bits per heavy atom. The van der Waals surface area contributed by atoms with E-state index in [-0.39, 0.29) is 56.3 Å². The molecule has 1 aromatic rings. The average molecular weight is 610 g/mol. The number of rotatable bonds is 9. The molecular formula is C27H43N5O9Si-. The molecule has 0 unspecified atom stereocenters. The predicted molar refractivity (Wildman–Crippen MR) is 155 cm³/mol. The zero-order valence-corrected chi connectivity index (χ0v) is 27.0. The van der Waals surface area contributed by atoms with Crippen LogP contribution in [0.15, 0.2) is 6.20 Å². The standard InChI is InChI=1S/C27H43N5O9Si/c1-26(2,3)40-24(35)30(25(36)41-27(4,5)6)11-10-18-15-31(23(34)39-18)19-14-28-22-21(29-19)32(20(33)16-38-22)17-37-12-13-42(7,8)9/h14,18H,10-13,15-17H2,1-9H3/q-1/t18-/m0/s1. The van der Waals surface area contributed by atoms with Gasteiger partial charge < -0.3 is 23.7 Å². The van der Waals surface area contributed by atoms with Crippen molar-refractivity contribution in [2.45, 2.75) is 91.0 Å². The maximum Gasteiger partial charge on any atom is 0.419 e. The van der Waals surface area contributed by atoms with Gasteiger partial charge in [0.2, 0.25) is 5.82 Å². The highest BCUT2D eigenvalue weighted by atomic mass is 28.3. The topological polar surface area (TPSA) is 150 Å². The van der Waals surface area contributed by atoms with Gasteiger partial charge in [0.15, 0.2) is 12.4 Å². The molecule has 0 aromatic carbocycles. The summed E-state index contributed by atoms with van der Waals surface area (Å²) in [6.45, 7) is 17.1. The van der Waals surface area contributed by atoms with Gasteiger partial charge in [0.05, 0.1) is 12.7 Å². The summed E-state index contributed by atoms with van der Waals surface area (Å²) < 4.78 is 27.5. The van der Waals surface area contributed by atoms with Crippen molar-refractivity contribution in [3.8, 4) is 5.88 Å². The first-order chi connectivity index (χ1) is 19.3. The SMILES string of the molecule is CC(C)(C)OC(=O)N(CC[C@H]1CN(c2cnc3c(n2)N(COCC[Si-](C)(C)C)C(=O)CO3)C(=O)O1)C(=O)OC(C)(C)C. The van der Waals surface area contributed by atoms with Crippen molar-refractivity contribution in [2.75, 3.05) is 42.8 Å². The quantitative estimate of drug-likeness (QED) is 0.223. The van der Waals surface area contributed by atoms with E-state index in [1.807, 2.05) is 0 Å². The van der Waals surface area contributed by atoms with E-state index in [0.29, 0.717) is 6.61 Å². The van der Waals surface area contributed by atoms with Crippen LogP contribution in [0.2, 0.25) is 25.7 Å². The van der Waals surface area contributed by atoms with E-state index < -0.39 is 43.7 Å². The first-order valence-electron chi connectivity index (χ1n) is 13.9. The lowest BCUT2D eigenvalue weighted by Gasteiger charge is -2.30. The molecule has 3 heterocycles. The van der Waals surface area contributed by atoms with E-state index in [2.05, 4.69) is 29.6 Å². The predicted octanol–water partition coefficient (Wildman–Crippen LogP) is 4.40. The molecule has 0 spiro atoms. The number of amides is 4. The minimum absolute atomic E-state index is 0.0178. The van der Waals surface area contributed by atoms with Crippen LogP contribution in [0.3, 0.4) is 0 Å². The van der Waals surface area contributed by atoms with E-state index in [9.17, 15) is 19.2 Å². The third kappa shape index (κ3) is 9.54. The molecule has 0 bridgehead atoms. The van der Waals surface area contributed by atoms with E-state index >= 15 is 0 Å². The number of nitrogens with zero attached hydrogens (tertiary/aromatic N) is 5. The number of aromatic nitrogens is 2. The number of imide groups is 1.